The Morgan fingerprint density at radius 3 is 2.37 bits per heavy atom. The summed E-state index contributed by atoms with van der Waals surface area (Å²) in [6, 6.07) is 6.01. The summed E-state index contributed by atoms with van der Waals surface area (Å²) in [4.78, 5) is 21.7. The fraction of sp³-hybridized carbons (Fsp3) is 0.286. The first-order valence-electron chi connectivity index (χ1n) is 5.65. The number of ether oxygens (including phenoxy) is 2. The zero-order valence-electron chi connectivity index (χ0n) is 10.9. The molecule has 0 heterocycles. The number of benzene rings is 1. The summed E-state index contributed by atoms with van der Waals surface area (Å²) < 4.78 is 10.5. The van der Waals surface area contributed by atoms with Crippen molar-refractivity contribution in [3.8, 4) is 5.75 Å². The largest absolute Gasteiger partial charge is 0.484 e. The molecule has 0 bridgehead atoms. The van der Waals surface area contributed by atoms with Crippen molar-refractivity contribution in [2.24, 2.45) is 0 Å². The Morgan fingerprint density at radius 1 is 1.32 bits per heavy atom. The van der Waals surface area contributed by atoms with E-state index < -0.39 is 17.5 Å². The van der Waals surface area contributed by atoms with Crippen LogP contribution in [-0.2, 0) is 9.53 Å². The van der Waals surface area contributed by atoms with Gasteiger partial charge in [0.1, 0.15) is 18.0 Å². The van der Waals surface area contributed by atoms with Crippen molar-refractivity contribution in [2.75, 3.05) is 6.61 Å². The van der Waals surface area contributed by atoms with Crippen LogP contribution in [0.1, 0.15) is 24.2 Å². The molecule has 1 rings (SSSR count). The zero-order valence-corrected chi connectivity index (χ0v) is 10.9. The van der Waals surface area contributed by atoms with E-state index in [4.69, 9.17) is 14.6 Å². The van der Waals surface area contributed by atoms with E-state index in [1.807, 2.05) is 0 Å². The molecule has 0 aliphatic heterocycles. The maximum Gasteiger partial charge on any atom is 0.335 e. The fourth-order valence-electron chi connectivity index (χ4n) is 1.32. The fourth-order valence-corrected chi connectivity index (χ4v) is 1.32. The molecule has 0 radical (unpaired) electrons. The number of aromatic carboxylic acids is 1. The van der Waals surface area contributed by atoms with Crippen LogP contribution in [0.3, 0.4) is 0 Å². The molecule has 0 aliphatic carbocycles. The molecule has 1 aromatic carbocycles. The highest BCUT2D eigenvalue weighted by Gasteiger charge is 2.22. The van der Waals surface area contributed by atoms with E-state index in [2.05, 4.69) is 6.58 Å². The van der Waals surface area contributed by atoms with Crippen LogP contribution >= 0.6 is 0 Å². The molecule has 19 heavy (non-hydrogen) atoms. The average molecular weight is 264 g/mol. The molecule has 5 heteroatoms. The van der Waals surface area contributed by atoms with Crippen molar-refractivity contribution in [1.29, 1.82) is 0 Å². The first-order chi connectivity index (χ1) is 8.84. The summed E-state index contributed by atoms with van der Waals surface area (Å²) in [6.07, 6.45) is 1.08. The highest BCUT2D eigenvalue weighted by molar-refractivity contribution is 5.87. The van der Waals surface area contributed by atoms with E-state index in [1.165, 1.54) is 12.1 Å². The van der Waals surface area contributed by atoms with Gasteiger partial charge in [0, 0.05) is 6.08 Å². The molecular formula is C14H16O5. The van der Waals surface area contributed by atoms with Crippen molar-refractivity contribution in [3.05, 3.63) is 42.5 Å². The maximum absolute atomic E-state index is 11.0. The highest BCUT2D eigenvalue weighted by atomic mass is 16.6. The quantitative estimate of drug-likeness (QED) is 0.630. The van der Waals surface area contributed by atoms with Crippen LogP contribution in [0, 0.1) is 0 Å². The smallest absolute Gasteiger partial charge is 0.335 e. The molecule has 0 aliphatic rings. The second-order valence-corrected chi connectivity index (χ2v) is 4.50. The predicted octanol–water partition coefficient (Wildman–Crippen LogP) is 2.27. The number of carboxylic acid groups (broad SMARTS) is 1. The van der Waals surface area contributed by atoms with Crippen molar-refractivity contribution in [2.45, 2.75) is 19.4 Å². The first-order valence-corrected chi connectivity index (χ1v) is 5.65. The molecule has 0 saturated carbocycles. The molecule has 0 atom stereocenters. The van der Waals surface area contributed by atoms with E-state index in [1.54, 1.807) is 26.0 Å². The van der Waals surface area contributed by atoms with E-state index in [-0.39, 0.29) is 12.2 Å². The van der Waals surface area contributed by atoms with Crippen LogP contribution in [0.4, 0.5) is 0 Å². The third kappa shape index (κ3) is 4.83. The number of hydrogen-bond donors (Lipinski definition) is 1. The van der Waals surface area contributed by atoms with Crippen molar-refractivity contribution < 1.29 is 24.2 Å². The molecule has 5 nitrogen and oxygen atoms in total. The minimum Gasteiger partial charge on any atom is -0.484 e. The molecule has 102 valence electrons. The van der Waals surface area contributed by atoms with Gasteiger partial charge in [-0.15, -0.1) is 0 Å². The van der Waals surface area contributed by atoms with E-state index >= 15 is 0 Å². The number of hydrogen-bond acceptors (Lipinski definition) is 4. The van der Waals surface area contributed by atoms with Gasteiger partial charge in [-0.1, -0.05) is 6.58 Å². The summed E-state index contributed by atoms with van der Waals surface area (Å²) in [7, 11) is 0. The van der Waals surface area contributed by atoms with Crippen LogP contribution in [-0.4, -0.2) is 29.3 Å². The normalized spacial score (nSPS) is 10.6. The Hall–Kier alpha value is -2.30. The Kier molecular flexibility index (Phi) is 4.69. The lowest BCUT2D eigenvalue weighted by molar-refractivity contribution is -0.142. The van der Waals surface area contributed by atoms with Crippen molar-refractivity contribution >= 4 is 11.9 Å². The highest BCUT2D eigenvalue weighted by Crippen LogP contribution is 2.19. The van der Waals surface area contributed by atoms with Crippen LogP contribution in [0.2, 0.25) is 0 Å². The van der Waals surface area contributed by atoms with E-state index in [9.17, 15) is 9.59 Å². The van der Waals surface area contributed by atoms with Gasteiger partial charge in [0.25, 0.3) is 0 Å². The maximum atomic E-state index is 11.0. The lowest BCUT2D eigenvalue weighted by Gasteiger charge is -2.25. The van der Waals surface area contributed by atoms with E-state index in [0.29, 0.717) is 5.75 Å². The monoisotopic (exact) mass is 264 g/mol. The first kappa shape index (κ1) is 14.8. The Labute approximate surface area is 111 Å². The molecule has 1 aromatic rings. The molecule has 1 N–H and O–H groups in total. The zero-order chi connectivity index (χ0) is 14.5. The van der Waals surface area contributed by atoms with Crippen LogP contribution in [0.25, 0.3) is 0 Å². The second-order valence-electron chi connectivity index (χ2n) is 4.50. The molecule has 0 unspecified atom stereocenters. The lowest BCUT2D eigenvalue weighted by atomic mass is 10.1. The van der Waals surface area contributed by atoms with Crippen LogP contribution < -0.4 is 4.74 Å². The average Bonchev–Trinajstić information content (AvgIpc) is 2.36. The van der Waals surface area contributed by atoms with Gasteiger partial charge in [0.2, 0.25) is 0 Å². The van der Waals surface area contributed by atoms with Gasteiger partial charge in [-0.25, -0.2) is 9.59 Å². The second kappa shape index (κ2) is 6.04. The predicted molar refractivity (Wildman–Crippen MR) is 69.3 cm³/mol. The Bertz CT molecular complexity index is 473. The van der Waals surface area contributed by atoms with E-state index in [0.717, 1.165) is 6.08 Å². The van der Waals surface area contributed by atoms with Crippen molar-refractivity contribution in [3.63, 3.8) is 0 Å². The molecule has 0 spiro atoms. The summed E-state index contributed by atoms with van der Waals surface area (Å²) in [6.45, 7) is 6.89. The molecule has 0 aromatic heterocycles. The Balaban J connectivity index is 2.64. The van der Waals surface area contributed by atoms with Gasteiger partial charge in [0.15, 0.2) is 0 Å². The van der Waals surface area contributed by atoms with Crippen molar-refractivity contribution in [1.82, 2.24) is 0 Å². The molecule has 0 fully saturated rings. The molecule has 0 saturated heterocycles. The summed E-state index contributed by atoms with van der Waals surface area (Å²) in [5, 5.41) is 8.77. The lowest BCUT2D eigenvalue weighted by Crippen LogP contribution is -2.34. The van der Waals surface area contributed by atoms with Gasteiger partial charge < -0.3 is 14.6 Å². The number of rotatable bonds is 6. The standard InChI is InChI=1S/C14H16O5/c1-4-12(15)18-9-14(2,3)19-11-7-5-10(6-8-11)13(16)17/h4-8H,1,9H2,2-3H3,(H,16,17). The van der Waals surface area contributed by atoms with Gasteiger partial charge >= 0.3 is 11.9 Å². The summed E-state index contributed by atoms with van der Waals surface area (Å²) in [5.41, 5.74) is -0.535. The third-order valence-electron chi connectivity index (χ3n) is 2.22. The molecular weight excluding hydrogens is 248 g/mol. The minimum atomic E-state index is -0.995. The minimum absolute atomic E-state index is 0.0680. The van der Waals surface area contributed by atoms with Gasteiger partial charge in [-0.2, -0.15) is 0 Å². The number of carbonyl (C=O) groups excluding carboxylic acids is 1. The number of esters is 1. The Morgan fingerprint density at radius 2 is 1.89 bits per heavy atom. The van der Waals surface area contributed by atoms with Gasteiger partial charge in [-0.05, 0) is 38.1 Å². The SMILES string of the molecule is C=CC(=O)OCC(C)(C)Oc1ccc(C(=O)O)cc1. The van der Waals surface area contributed by atoms with Gasteiger partial charge in [0.05, 0.1) is 5.56 Å². The van der Waals surface area contributed by atoms with Crippen LogP contribution in [0.15, 0.2) is 36.9 Å². The molecule has 0 amide bonds. The number of carboxylic acids is 1. The summed E-state index contributed by atoms with van der Waals surface area (Å²) in [5.74, 6) is -1.01. The van der Waals surface area contributed by atoms with Gasteiger partial charge in [-0.3, -0.25) is 0 Å². The topological polar surface area (TPSA) is 72.8 Å². The number of carbonyl (C=O) groups is 2. The summed E-state index contributed by atoms with van der Waals surface area (Å²) >= 11 is 0. The third-order valence-corrected chi connectivity index (χ3v) is 2.22. The van der Waals surface area contributed by atoms with Crippen LogP contribution in [0.5, 0.6) is 5.75 Å².